The zero-order valence-corrected chi connectivity index (χ0v) is 24.7. The summed E-state index contributed by atoms with van der Waals surface area (Å²) in [6, 6.07) is 56.3. The van der Waals surface area contributed by atoms with E-state index in [2.05, 4.69) is 159 Å². The minimum absolute atomic E-state index is 0.215. The minimum atomic E-state index is -0.215. The van der Waals surface area contributed by atoms with Crippen LogP contribution in [0.15, 0.2) is 161 Å². The first kappa shape index (κ1) is 24.7. The molecule has 0 saturated carbocycles. The maximum absolute atomic E-state index is 2.45. The van der Waals surface area contributed by atoms with Gasteiger partial charge >= 0.3 is 0 Å². The van der Waals surface area contributed by atoms with E-state index in [0.29, 0.717) is 0 Å². The smallest absolute Gasteiger partial charge is 0.0435 e. The van der Waals surface area contributed by atoms with Crippen LogP contribution in [-0.4, -0.2) is 0 Å². The van der Waals surface area contributed by atoms with Crippen molar-refractivity contribution in [2.75, 3.05) is 0 Å². The lowest BCUT2D eigenvalue weighted by Gasteiger charge is -2.28. The molecule has 43 heavy (non-hydrogen) atoms. The van der Waals surface area contributed by atoms with Gasteiger partial charge in [0.05, 0.1) is 0 Å². The molecule has 1 aliphatic heterocycles. The van der Waals surface area contributed by atoms with Crippen LogP contribution < -0.4 is 0 Å². The summed E-state index contributed by atoms with van der Waals surface area (Å²) in [6.45, 7) is 2.39. The van der Waals surface area contributed by atoms with Gasteiger partial charge in [0.1, 0.15) is 0 Å². The molecule has 1 heterocycles. The summed E-state index contributed by atoms with van der Waals surface area (Å²) in [6.07, 6.45) is 0. The van der Waals surface area contributed by atoms with E-state index in [1.54, 1.807) is 0 Å². The number of benzene rings is 7. The van der Waals surface area contributed by atoms with Crippen molar-refractivity contribution in [1.29, 1.82) is 0 Å². The van der Waals surface area contributed by atoms with Crippen molar-refractivity contribution in [3.8, 4) is 44.5 Å². The molecule has 2 aliphatic rings. The van der Waals surface area contributed by atoms with E-state index in [1.807, 2.05) is 11.8 Å². The van der Waals surface area contributed by atoms with Crippen molar-refractivity contribution in [2.24, 2.45) is 0 Å². The Hall–Kier alpha value is -4.85. The van der Waals surface area contributed by atoms with Gasteiger partial charge in [0, 0.05) is 20.6 Å². The van der Waals surface area contributed by atoms with Crippen LogP contribution in [0.25, 0.3) is 55.3 Å². The summed E-state index contributed by atoms with van der Waals surface area (Å²) >= 11 is 1.88. The monoisotopic (exact) mass is 564 g/mol. The van der Waals surface area contributed by atoms with Crippen molar-refractivity contribution >= 4 is 22.5 Å². The van der Waals surface area contributed by atoms with Gasteiger partial charge in [-0.15, -0.1) is 0 Å². The maximum Gasteiger partial charge on any atom is 0.0435 e. The Morgan fingerprint density at radius 3 is 1.86 bits per heavy atom. The average Bonchev–Trinajstić information content (AvgIpc) is 3.34. The van der Waals surface area contributed by atoms with Gasteiger partial charge in [-0.05, 0) is 97.8 Å². The Morgan fingerprint density at radius 2 is 1.05 bits per heavy atom. The minimum Gasteiger partial charge on any atom is -0.0888 e. The molecule has 0 nitrogen and oxygen atoms in total. The highest BCUT2D eigenvalue weighted by molar-refractivity contribution is 7.99. The second kappa shape index (κ2) is 9.33. The Labute approximate surface area is 256 Å². The molecule has 0 fully saturated rings. The fourth-order valence-corrected chi connectivity index (χ4v) is 8.59. The first-order chi connectivity index (χ1) is 21.2. The summed E-state index contributed by atoms with van der Waals surface area (Å²) in [5.41, 5.74) is 14.2. The lowest BCUT2D eigenvalue weighted by Crippen LogP contribution is -2.22. The van der Waals surface area contributed by atoms with Crippen LogP contribution in [0.1, 0.15) is 23.6 Å². The highest BCUT2D eigenvalue weighted by atomic mass is 32.2. The molecule has 0 radical (unpaired) electrons. The molecule has 1 unspecified atom stereocenters. The fraction of sp³-hybridized carbons (Fsp3) is 0.0476. The molecule has 0 N–H and O–H groups in total. The second-order valence-corrected chi connectivity index (χ2v) is 12.9. The molecular weight excluding hydrogens is 537 g/mol. The van der Waals surface area contributed by atoms with Crippen LogP contribution in [0, 0.1) is 0 Å². The molecule has 1 aliphatic carbocycles. The molecule has 7 aromatic rings. The van der Waals surface area contributed by atoms with E-state index in [-0.39, 0.29) is 5.41 Å². The van der Waals surface area contributed by atoms with Crippen LogP contribution in [0.5, 0.6) is 0 Å². The lowest BCUT2D eigenvalue weighted by atomic mass is 9.74. The third-order valence-corrected chi connectivity index (χ3v) is 10.7. The molecule has 1 atom stereocenters. The van der Waals surface area contributed by atoms with Crippen molar-refractivity contribution in [3.63, 3.8) is 0 Å². The molecule has 202 valence electrons. The summed E-state index contributed by atoms with van der Waals surface area (Å²) in [4.78, 5) is 2.66. The zero-order valence-electron chi connectivity index (χ0n) is 23.8. The van der Waals surface area contributed by atoms with Gasteiger partial charge in [-0.25, -0.2) is 0 Å². The third kappa shape index (κ3) is 3.59. The third-order valence-electron chi connectivity index (χ3n) is 9.57. The quantitative estimate of drug-likeness (QED) is 0.206. The first-order valence-electron chi connectivity index (χ1n) is 14.9. The van der Waals surface area contributed by atoms with Crippen molar-refractivity contribution in [1.82, 2.24) is 0 Å². The first-order valence-corrected chi connectivity index (χ1v) is 15.8. The summed E-state index contributed by atoms with van der Waals surface area (Å²) in [5.74, 6) is 0. The molecule has 7 aromatic carbocycles. The van der Waals surface area contributed by atoms with E-state index >= 15 is 0 Å². The molecule has 0 aromatic heterocycles. The van der Waals surface area contributed by atoms with Gasteiger partial charge < -0.3 is 0 Å². The SMILES string of the molecule is CC1(c2ccccc2)c2ccccc2-c2ccc(-c3ccccc3-c3ccc4c(c3)-c3cccc5cccc(c35)S4)cc21. The van der Waals surface area contributed by atoms with Crippen molar-refractivity contribution in [2.45, 2.75) is 22.1 Å². The standard InChI is InChI=1S/C42H28S/c1-42(30-13-3-2-4-14-30)37-19-8-7-17-33(37)34-23-21-29(26-38(34)42)32-16-6-5-15-31(32)28-22-24-39-36(25-28)35-18-9-11-27-12-10-20-40(43-39)41(27)35/h2-26H,1H3. The highest BCUT2D eigenvalue weighted by Crippen LogP contribution is 2.54. The molecule has 0 spiro atoms. The molecule has 1 heteroatoms. The van der Waals surface area contributed by atoms with Crippen molar-refractivity contribution in [3.05, 3.63) is 168 Å². The number of rotatable bonds is 3. The molecular formula is C42H28S. The fourth-order valence-electron chi connectivity index (χ4n) is 7.46. The Kier molecular flexibility index (Phi) is 5.36. The summed E-state index contributed by atoms with van der Waals surface area (Å²) in [5, 5.41) is 2.67. The predicted octanol–water partition coefficient (Wildman–Crippen LogP) is 11.6. The predicted molar refractivity (Wildman–Crippen MR) is 182 cm³/mol. The topological polar surface area (TPSA) is 0 Å². The van der Waals surface area contributed by atoms with Gasteiger partial charge in [-0.2, -0.15) is 0 Å². The Bertz CT molecular complexity index is 2220. The molecule has 0 amide bonds. The van der Waals surface area contributed by atoms with Gasteiger partial charge in [0.2, 0.25) is 0 Å². The number of hydrogen-bond acceptors (Lipinski definition) is 1. The summed E-state index contributed by atoms with van der Waals surface area (Å²) < 4.78 is 0. The van der Waals surface area contributed by atoms with Crippen LogP contribution in [-0.2, 0) is 5.41 Å². The van der Waals surface area contributed by atoms with E-state index in [0.717, 1.165) is 0 Å². The Balaban J connectivity index is 1.21. The van der Waals surface area contributed by atoms with E-state index in [4.69, 9.17) is 0 Å². The van der Waals surface area contributed by atoms with Crippen LogP contribution in [0.3, 0.4) is 0 Å². The molecule has 0 saturated heterocycles. The second-order valence-electron chi connectivity index (χ2n) is 11.8. The van der Waals surface area contributed by atoms with E-state index < -0.39 is 0 Å². The van der Waals surface area contributed by atoms with Gasteiger partial charge in [-0.3, -0.25) is 0 Å². The normalized spacial score (nSPS) is 16.0. The number of hydrogen-bond donors (Lipinski definition) is 0. The lowest BCUT2D eigenvalue weighted by molar-refractivity contribution is 0.714. The van der Waals surface area contributed by atoms with E-state index in [1.165, 1.54) is 81.8 Å². The molecule has 0 bridgehead atoms. The number of fused-ring (bicyclic) bond motifs is 5. The average molecular weight is 565 g/mol. The van der Waals surface area contributed by atoms with Gasteiger partial charge in [0.25, 0.3) is 0 Å². The maximum atomic E-state index is 2.45. The van der Waals surface area contributed by atoms with Crippen molar-refractivity contribution < 1.29 is 0 Å². The highest BCUT2D eigenvalue weighted by Gasteiger charge is 2.40. The Morgan fingerprint density at radius 1 is 0.419 bits per heavy atom. The van der Waals surface area contributed by atoms with Crippen LogP contribution >= 0.6 is 11.8 Å². The zero-order chi connectivity index (χ0) is 28.5. The van der Waals surface area contributed by atoms with Gasteiger partial charge in [0.15, 0.2) is 0 Å². The van der Waals surface area contributed by atoms with Crippen LogP contribution in [0.4, 0.5) is 0 Å². The largest absolute Gasteiger partial charge is 0.0888 e. The van der Waals surface area contributed by atoms with Gasteiger partial charge in [-0.1, -0.05) is 139 Å². The summed E-state index contributed by atoms with van der Waals surface area (Å²) in [7, 11) is 0. The van der Waals surface area contributed by atoms with Crippen LogP contribution in [0.2, 0.25) is 0 Å². The van der Waals surface area contributed by atoms with E-state index in [9.17, 15) is 0 Å². The molecule has 9 rings (SSSR count).